The molecular formula is C35H37F3N6OS. The topological polar surface area (TPSA) is 88.0 Å². The molecule has 0 fully saturated rings. The molecule has 0 unspecified atom stereocenters. The number of nitrogens with one attached hydrogen (secondary N) is 2. The van der Waals surface area contributed by atoms with E-state index in [1.54, 1.807) is 29.4 Å². The van der Waals surface area contributed by atoms with E-state index in [0.717, 1.165) is 23.6 Å². The average Bonchev–Trinajstić information content (AvgIpc) is 3.43. The maximum atomic E-state index is 14.1. The average molecular weight is 647 g/mol. The molecule has 0 radical (unpaired) electrons. The van der Waals surface area contributed by atoms with Crippen molar-refractivity contribution in [2.45, 2.75) is 59.2 Å². The fraction of sp³-hybridized carbons (Fsp3) is 0.314. The fourth-order valence-electron chi connectivity index (χ4n) is 5.08. The normalized spacial score (nSPS) is 11.5. The summed E-state index contributed by atoms with van der Waals surface area (Å²) in [6.45, 7) is 6.20. The van der Waals surface area contributed by atoms with Crippen LogP contribution in [0.2, 0.25) is 0 Å². The molecule has 0 saturated carbocycles. The maximum absolute atomic E-state index is 14.1. The number of benzene rings is 3. The number of nitrogens with zero attached hydrogens (tertiary/aromatic N) is 4. The summed E-state index contributed by atoms with van der Waals surface area (Å²) in [7, 11) is 0. The Kier molecular flexibility index (Phi) is 11.7. The van der Waals surface area contributed by atoms with Crippen LogP contribution in [0, 0.1) is 24.2 Å². The number of amides is 1. The molecular weight excluding hydrogens is 609 g/mol. The number of rotatable bonds is 12. The Balaban J connectivity index is 1.64. The van der Waals surface area contributed by atoms with E-state index in [2.05, 4.69) is 35.2 Å². The highest BCUT2D eigenvalue weighted by Crippen LogP contribution is 2.33. The summed E-state index contributed by atoms with van der Waals surface area (Å²) in [5.41, 5.74) is 2.96. The first-order valence-corrected chi connectivity index (χ1v) is 15.5. The summed E-state index contributed by atoms with van der Waals surface area (Å²) in [6, 6.07) is 22.1. The Morgan fingerprint density at radius 2 is 1.83 bits per heavy atom. The van der Waals surface area contributed by atoms with E-state index in [4.69, 9.17) is 17.5 Å². The quantitative estimate of drug-likeness (QED) is 0.121. The minimum atomic E-state index is -4.56. The molecule has 46 heavy (non-hydrogen) atoms. The molecule has 1 amide bonds. The molecule has 4 aromatic rings. The number of aryl methyl sites for hydroxylation is 1. The molecule has 0 bridgehead atoms. The first kappa shape index (κ1) is 34.3. The third-order valence-electron chi connectivity index (χ3n) is 7.33. The van der Waals surface area contributed by atoms with Crippen LogP contribution in [0.15, 0.2) is 79.0 Å². The van der Waals surface area contributed by atoms with Gasteiger partial charge in [0.05, 0.1) is 23.6 Å². The minimum Gasteiger partial charge on any atom is -0.345 e. The number of nitriles is 1. The Hall–Kier alpha value is -4.53. The molecule has 4 rings (SSSR count). The number of hydrazine groups is 1. The lowest BCUT2D eigenvalue weighted by atomic mass is 10.1. The zero-order valence-corrected chi connectivity index (χ0v) is 26.9. The van der Waals surface area contributed by atoms with Gasteiger partial charge < -0.3 is 10.3 Å². The molecule has 11 heteroatoms. The molecule has 2 N–H and O–H groups in total. The van der Waals surface area contributed by atoms with Crippen LogP contribution in [0.5, 0.6) is 0 Å². The number of anilines is 1. The van der Waals surface area contributed by atoms with Crippen LogP contribution in [0.3, 0.4) is 0 Å². The predicted octanol–water partition coefficient (Wildman–Crippen LogP) is 7.82. The highest BCUT2D eigenvalue weighted by Gasteiger charge is 2.35. The fourth-order valence-corrected chi connectivity index (χ4v) is 5.41. The lowest BCUT2D eigenvalue weighted by Crippen LogP contribution is -2.52. The van der Waals surface area contributed by atoms with Gasteiger partial charge in [-0.25, -0.2) is 15.0 Å². The standard InChI is InChI=1S/C35H37F3N6OS/c1-24(2)8-7-17-43(23-28-10-4-5-12-31(28)35(36,37)38)44(34(46)42-29-11-6-9-25(3)18-29)33(45)20-30-22-40-32(41-30)19-26-13-15-27(21-39)16-14-26/h4-6,9-16,18,22,24H,7-8,17,19-20,23H2,1-3H3,(H,40,41)(H,42,46). The number of imidazole rings is 1. The number of aromatic amines is 1. The predicted molar refractivity (Wildman–Crippen MR) is 176 cm³/mol. The molecule has 0 aliphatic heterocycles. The van der Waals surface area contributed by atoms with Gasteiger partial charge in [0.1, 0.15) is 5.82 Å². The third-order valence-corrected chi connectivity index (χ3v) is 7.61. The van der Waals surface area contributed by atoms with Crippen molar-refractivity contribution in [3.63, 3.8) is 0 Å². The van der Waals surface area contributed by atoms with E-state index in [0.29, 0.717) is 48.1 Å². The number of aromatic nitrogens is 2. The number of hydrogen-bond acceptors (Lipinski definition) is 5. The summed E-state index contributed by atoms with van der Waals surface area (Å²) < 4.78 is 42.1. The Bertz CT molecular complexity index is 1680. The van der Waals surface area contributed by atoms with Gasteiger partial charge in [0.2, 0.25) is 5.91 Å². The number of hydrogen-bond donors (Lipinski definition) is 2. The van der Waals surface area contributed by atoms with Gasteiger partial charge in [0.15, 0.2) is 5.11 Å². The molecule has 0 saturated heterocycles. The van der Waals surface area contributed by atoms with E-state index in [9.17, 15) is 18.0 Å². The highest BCUT2D eigenvalue weighted by atomic mass is 32.1. The zero-order chi connectivity index (χ0) is 33.3. The monoisotopic (exact) mass is 646 g/mol. The van der Waals surface area contributed by atoms with Crippen molar-refractivity contribution < 1.29 is 18.0 Å². The van der Waals surface area contributed by atoms with Crippen molar-refractivity contribution in [2.75, 3.05) is 11.9 Å². The molecule has 7 nitrogen and oxygen atoms in total. The Morgan fingerprint density at radius 3 is 2.50 bits per heavy atom. The second-order valence-electron chi connectivity index (χ2n) is 11.6. The van der Waals surface area contributed by atoms with Crippen molar-refractivity contribution in [2.24, 2.45) is 5.92 Å². The van der Waals surface area contributed by atoms with Crippen LogP contribution in [0.4, 0.5) is 18.9 Å². The van der Waals surface area contributed by atoms with Crippen molar-refractivity contribution >= 4 is 28.9 Å². The van der Waals surface area contributed by atoms with Crippen molar-refractivity contribution in [3.8, 4) is 6.07 Å². The van der Waals surface area contributed by atoms with E-state index in [1.807, 2.05) is 43.3 Å². The zero-order valence-electron chi connectivity index (χ0n) is 26.1. The van der Waals surface area contributed by atoms with Gasteiger partial charge in [-0.15, -0.1) is 0 Å². The van der Waals surface area contributed by atoms with Crippen molar-refractivity contribution in [1.29, 1.82) is 5.26 Å². The Labute approximate surface area is 273 Å². The van der Waals surface area contributed by atoms with Gasteiger partial charge in [0.25, 0.3) is 0 Å². The molecule has 0 aliphatic rings. The summed E-state index contributed by atoms with van der Waals surface area (Å²) in [5, 5.41) is 15.1. The summed E-state index contributed by atoms with van der Waals surface area (Å²) in [5.74, 6) is 0.575. The van der Waals surface area contributed by atoms with Gasteiger partial charge >= 0.3 is 6.18 Å². The number of alkyl halides is 3. The first-order chi connectivity index (χ1) is 21.9. The second kappa shape index (κ2) is 15.7. The van der Waals surface area contributed by atoms with Crippen LogP contribution in [-0.2, 0) is 30.4 Å². The molecule has 1 aromatic heterocycles. The molecule has 0 spiro atoms. The van der Waals surface area contributed by atoms with Gasteiger partial charge in [-0.2, -0.15) is 18.4 Å². The van der Waals surface area contributed by atoms with Crippen molar-refractivity contribution in [1.82, 2.24) is 20.0 Å². The van der Waals surface area contributed by atoms with Crippen LogP contribution in [0.25, 0.3) is 0 Å². The van der Waals surface area contributed by atoms with Gasteiger partial charge in [-0.05, 0) is 84.9 Å². The van der Waals surface area contributed by atoms with E-state index < -0.39 is 17.6 Å². The Morgan fingerprint density at radius 1 is 1.09 bits per heavy atom. The van der Waals surface area contributed by atoms with Gasteiger partial charge in [-0.3, -0.25) is 4.79 Å². The van der Waals surface area contributed by atoms with Gasteiger partial charge in [-0.1, -0.05) is 56.3 Å². The summed E-state index contributed by atoms with van der Waals surface area (Å²) in [6.07, 6.45) is -1.17. The number of halogens is 3. The number of carbonyl (C=O) groups excluding carboxylic acids is 1. The number of thiocarbonyl (C=S) groups is 1. The lowest BCUT2D eigenvalue weighted by Gasteiger charge is -2.36. The third kappa shape index (κ3) is 9.73. The summed E-state index contributed by atoms with van der Waals surface area (Å²) >= 11 is 5.79. The molecule has 0 atom stereocenters. The largest absolute Gasteiger partial charge is 0.416 e. The lowest BCUT2D eigenvalue weighted by molar-refractivity contribution is -0.141. The number of H-pyrrole nitrogens is 1. The van der Waals surface area contributed by atoms with Crippen LogP contribution in [0.1, 0.15) is 66.0 Å². The number of carbonyl (C=O) groups is 1. The highest BCUT2D eigenvalue weighted by molar-refractivity contribution is 7.80. The van der Waals surface area contributed by atoms with Crippen LogP contribution in [-0.4, -0.2) is 37.6 Å². The van der Waals surface area contributed by atoms with Crippen molar-refractivity contribution in [3.05, 3.63) is 118 Å². The summed E-state index contributed by atoms with van der Waals surface area (Å²) in [4.78, 5) is 21.7. The smallest absolute Gasteiger partial charge is 0.345 e. The second-order valence-corrected chi connectivity index (χ2v) is 12.0. The molecule has 0 aliphatic carbocycles. The minimum absolute atomic E-state index is 0.0435. The molecule has 1 heterocycles. The SMILES string of the molecule is Cc1cccc(NC(=S)N(C(=O)Cc2cnc(Cc3ccc(C#N)cc3)[nH]2)N(CCCC(C)C)Cc2ccccc2C(F)(F)F)c1. The van der Waals surface area contributed by atoms with Crippen LogP contribution >= 0.6 is 12.2 Å². The van der Waals surface area contributed by atoms with Crippen LogP contribution < -0.4 is 5.32 Å². The molecule has 240 valence electrons. The first-order valence-electron chi connectivity index (χ1n) is 15.0. The van der Waals surface area contributed by atoms with E-state index >= 15 is 0 Å². The van der Waals surface area contributed by atoms with Gasteiger partial charge in [0, 0.05) is 37.1 Å². The molecule has 3 aromatic carbocycles. The van der Waals surface area contributed by atoms with E-state index in [1.165, 1.54) is 17.1 Å². The maximum Gasteiger partial charge on any atom is 0.416 e. The van der Waals surface area contributed by atoms with E-state index in [-0.39, 0.29) is 23.6 Å².